The highest BCUT2D eigenvalue weighted by molar-refractivity contribution is 7.13. The van der Waals surface area contributed by atoms with Gasteiger partial charge in [-0.15, -0.1) is 11.3 Å². The van der Waals surface area contributed by atoms with Gasteiger partial charge in [-0.1, -0.05) is 12.8 Å². The first kappa shape index (κ1) is 13.5. The Bertz CT molecular complexity index is 431. The molecule has 1 aromatic rings. The SMILES string of the molecule is Cc1nc(C)c(C(=O)N2CCCCCC2CO)s1. The molecule has 1 N–H and O–H groups in total. The lowest BCUT2D eigenvalue weighted by molar-refractivity contribution is 0.0603. The van der Waals surface area contributed by atoms with E-state index in [1.165, 1.54) is 11.3 Å². The van der Waals surface area contributed by atoms with Gasteiger partial charge in [0.15, 0.2) is 0 Å². The first-order chi connectivity index (χ1) is 8.63. The summed E-state index contributed by atoms with van der Waals surface area (Å²) in [5.74, 6) is 0.0408. The zero-order chi connectivity index (χ0) is 13.1. The Morgan fingerprint density at radius 3 is 2.83 bits per heavy atom. The second-order valence-corrected chi connectivity index (χ2v) is 6.03. The lowest BCUT2D eigenvalue weighted by atomic mass is 10.1. The van der Waals surface area contributed by atoms with Crippen LogP contribution in [-0.4, -0.2) is 40.1 Å². The molecule has 100 valence electrons. The van der Waals surface area contributed by atoms with Crippen LogP contribution in [-0.2, 0) is 0 Å². The van der Waals surface area contributed by atoms with E-state index in [-0.39, 0.29) is 18.6 Å². The third-order valence-corrected chi connectivity index (χ3v) is 4.51. The Kier molecular flexibility index (Phi) is 4.35. The minimum absolute atomic E-state index is 0.0261. The molecule has 0 aromatic carbocycles. The summed E-state index contributed by atoms with van der Waals surface area (Å²) in [7, 11) is 0. The Morgan fingerprint density at radius 1 is 1.44 bits per heavy atom. The van der Waals surface area contributed by atoms with Crippen LogP contribution >= 0.6 is 11.3 Å². The number of hydrogen-bond acceptors (Lipinski definition) is 4. The molecule has 1 unspecified atom stereocenters. The van der Waals surface area contributed by atoms with E-state index in [2.05, 4.69) is 4.98 Å². The van der Waals surface area contributed by atoms with E-state index in [9.17, 15) is 9.90 Å². The summed E-state index contributed by atoms with van der Waals surface area (Å²) in [5, 5.41) is 10.4. The minimum Gasteiger partial charge on any atom is -0.394 e. The number of aliphatic hydroxyl groups excluding tert-OH is 1. The zero-order valence-corrected chi connectivity index (χ0v) is 11.8. The Morgan fingerprint density at radius 2 is 2.22 bits per heavy atom. The summed E-state index contributed by atoms with van der Waals surface area (Å²) in [6.45, 7) is 4.60. The number of carbonyl (C=O) groups excluding carboxylic acids is 1. The molecule has 2 rings (SSSR count). The van der Waals surface area contributed by atoms with Crippen LogP contribution in [0.25, 0.3) is 0 Å². The van der Waals surface area contributed by atoms with E-state index in [1.54, 1.807) is 0 Å². The molecule has 0 saturated carbocycles. The maximum atomic E-state index is 12.5. The number of thiazole rings is 1. The summed E-state index contributed by atoms with van der Waals surface area (Å²) in [6, 6.07) is -0.0261. The van der Waals surface area contributed by atoms with Crippen LogP contribution in [0.2, 0.25) is 0 Å². The van der Waals surface area contributed by atoms with Gasteiger partial charge < -0.3 is 10.0 Å². The number of aryl methyl sites for hydroxylation is 2. The van der Waals surface area contributed by atoms with Gasteiger partial charge in [0.25, 0.3) is 5.91 Å². The molecule has 1 saturated heterocycles. The Hall–Kier alpha value is -0.940. The van der Waals surface area contributed by atoms with Crippen LogP contribution in [0.4, 0.5) is 0 Å². The molecule has 0 bridgehead atoms. The molecule has 1 aliphatic heterocycles. The maximum absolute atomic E-state index is 12.5. The highest BCUT2D eigenvalue weighted by atomic mass is 32.1. The fraction of sp³-hybridized carbons (Fsp3) is 0.692. The largest absolute Gasteiger partial charge is 0.394 e. The van der Waals surface area contributed by atoms with E-state index in [4.69, 9.17) is 0 Å². The van der Waals surface area contributed by atoms with Crippen LogP contribution in [0, 0.1) is 13.8 Å². The fourth-order valence-corrected chi connectivity index (χ4v) is 3.37. The van der Waals surface area contributed by atoms with Crippen LogP contribution in [0.15, 0.2) is 0 Å². The van der Waals surface area contributed by atoms with Crippen molar-refractivity contribution in [3.05, 3.63) is 15.6 Å². The number of likely N-dealkylation sites (tertiary alicyclic amines) is 1. The molecular weight excluding hydrogens is 248 g/mol. The smallest absolute Gasteiger partial charge is 0.266 e. The van der Waals surface area contributed by atoms with Gasteiger partial charge in [0.05, 0.1) is 23.4 Å². The molecule has 1 aliphatic rings. The lowest BCUT2D eigenvalue weighted by Gasteiger charge is -2.28. The molecule has 2 heterocycles. The van der Waals surface area contributed by atoms with Crippen LogP contribution in [0.5, 0.6) is 0 Å². The number of hydrogen-bond donors (Lipinski definition) is 1. The second kappa shape index (κ2) is 5.80. The highest BCUT2D eigenvalue weighted by Crippen LogP contribution is 2.24. The molecule has 1 atom stereocenters. The van der Waals surface area contributed by atoms with E-state index in [0.29, 0.717) is 0 Å². The molecule has 18 heavy (non-hydrogen) atoms. The third-order valence-electron chi connectivity index (χ3n) is 3.45. The van der Waals surface area contributed by atoms with Crippen molar-refractivity contribution in [2.24, 2.45) is 0 Å². The van der Waals surface area contributed by atoms with E-state index in [0.717, 1.165) is 47.8 Å². The van der Waals surface area contributed by atoms with Crippen molar-refractivity contribution in [1.29, 1.82) is 0 Å². The second-order valence-electron chi connectivity index (χ2n) is 4.83. The monoisotopic (exact) mass is 268 g/mol. The molecule has 5 heteroatoms. The summed E-state index contributed by atoms with van der Waals surface area (Å²) in [6.07, 6.45) is 4.16. The lowest BCUT2D eigenvalue weighted by Crippen LogP contribution is -2.42. The van der Waals surface area contributed by atoms with Gasteiger partial charge >= 0.3 is 0 Å². The van der Waals surface area contributed by atoms with E-state index < -0.39 is 0 Å². The van der Waals surface area contributed by atoms with Crippen molar-refractivity contribution in [1.82, 2.24) is 9.88 Å². The normalized spacial score (nSPS) is 20.8. The number of carbonyl (C=O) groups is 1. The van der Waals surface area contributed by atoms with Crippen LogP contribution in [0.3, 0.4) is 0 Å². The highest BCUT2D eigenvalue weighted by Gasteiger charge is 2.28. The quantitative estimate of drug-likeness (QED) is 0.894. The van der Waals surface area contributed by atoms with Gasteiger partial charge in [-0.05, 0) is 26.7 Å². The minimum atomic E-state index is -0.0261. The topological polar surface area (TPSA) is 53.4 Å². The maximum Gasteiger partial charge on any atom is 0.266 e. The number of aromatic nitrogens is 1. The van der Waals surface area contributed by atoms with Gasteiger partial charge in [0, 0.05) is 6.54 Å². The van der Waals surface area contributed by atoms with Crippen molar-refractivity contribution in [3.8, 4) is 0 Å². The molecule has 1 aromatic heterocycles. The van der Waals surface area contributed by atoms with Gasteiger partial charge in [0.2, 0.25) is 0 Å². The molecule has 1 amide bonds. The van der Waals surface area contributed by atoms with Crippen molar-refractivity contribution >= 4 is 17.2 Å². The number of amides is 1. The van der Waals surface area contributed by atoms with Gasteiger partial charge in [-0.25, -0.2) is 4.98 Å². The summed E-state index contributed by atoms with van der Waals surface area (Å²) < 4.78 is 0. The van der Waals surface area contributed by atoms with Crippen molar-refractivity contribution < 1.29 is 9.90 Å². The number of aliphatic hydroxyl groups is 1. The third kappa shape index (κ3) is 2.72. The average molecular weight is 268 g/mol. The summed E-state index contributed by atoms with van der Waals surface area (Å²) in [4.78, 5) is 19.4. The van der Waals surface area contributed by atoms with Crippen molar-refractivity contribution in [3.63, 3.8) is 0 Å². The molecule has 4 nitrogen and oxygen atoms in total. The van der Waals surface area contributed by atoms with Crippen LogP contribution < -0.4 is 0 Å². The number of rotatable bonds is 2. The molecule has 0 spiro atoms. The molecule has 1 fully saturated rings. The number of nitrogens with zero attached hydrogens (tertiary/aromatic N) is 2. The van der Waals surface area contributed by atoms with Crippen molar-refractivity contribution in [2.45, 2.75) is 45.6 Å². The van der Waals surface area contributed by atoms with Crippen LogP contribution in [0.1, 0.15) is 46.1 Å². The Balaban J connectivity index is 2.22. The standard InChI is InChI=1S/C13H20N2O2S/c1-9-12(18-10(2)14-9)13(17)15-7-5-3-4-6-11(15)8-16/h11,16H,3-8H2,1-2H3. The van der Waals surface area contributed by atoms with E-state index >= 15 is 0 Å². The predicted octanol–water partition coefficient (Wildman–Crippen LogP) is 2.14. The summed E-state index contributed by atoms with van der Waals surface area (Å²) in [5.41, 5.74) is 0.809. The van der Waals surface area contributed by atoms with Gasteiger partial charge in [-0.3, -0.25) is 4.79 Å². The fourth-order valence-electron chi connectivity index (χ4n) is 2.49. The van der Waals surface area contributed by atoms with Gasteiger partial charge in [0.1, 0.15) is 4.88 Å². The average Bonchev–Trinajstić information content (AvgIpc) is 2.56. The zero-order valence-electron chi connectivity index (χ0n) is 11.0. The first-order valence-corrected chi connectivity index (χ1v) is 7.31. The Labute approximate surface area is 112 Å². The van der Waals surface area contributed by atoms with E-state index in [1.807, 2.05) is 18.7 Å². The van der Waals surface area contributed by atoms with Crippen molar-refractivity contribution in [2.75, 3.05) is 13.2 Å². The summed E-state index contributed by atoms with van der Waals surface area (Å²) >= 11 is 1.45. The predicted molar refractivity (Wildman–Crippen MR) is 72.0 cm³/mol. The van der Waals surface area contributed by atoms with Gasteiger partial charge in [-0.2, -0.15) is 0 Å². The molecule has 0 aliphatic carbocycles. The molecular formula is C13H20N2O2S. The first-order valence-electron chi connectivity index (χ1n) is 6.49. The molecule has 0 radical (unpaired) electrons.